The summed E-state index contributed by atoms with van der Waals surface area (Å²) < 4.78 is 1.15. The van der Waals surface area contributed by atoms with Crippen molar-refractivity contribution < 1.29 is 4.79 Å². The van der Waals surface area contributed by atoms with Crippen LogP contribution in [0.25, 0.3) is 10.1 Å². The molecule has 4 aromatic rings. The van der Waals surface area contributed by atoms with Gasteiger partial charge < -0.3 is 4.90 Å². The Morgan fingerprint density at radius 3 is 2.26 bits per heavy atom. The first-order chi connectivity index (χ1) is 13.2. The summed E-state index contributed by atoms with van der Waals surface area (Å²) in [5.74, 6) is 0.884. The average molecular weight is 390 g/mol. The Morgan fingerprint density at radius 2 is 1.52 bits per heavy atom. The molecular formula is C23H19NOS2. The summed E-state index contributed by atoms with van der Waals surface area (Å²) in [5, 5.41) is 1.16. The molecule has 1 amide bonds. The van der Waals surface area contributed by atoms with Gasteiger partial charge in [0.25, 0.3) is 5.91 Å². The van der Waals surface area contributed by atoms with E-state index < -0.39 is 0 Å². The summed E-state index contributed by atoms with van der Waals surface area (Å²) in [6.07, 6.45) is 0. The van der Waals surface area contributed by atoms with Crippen molar-refractivity contribution in [3.05, 3.63) is 95.4 Å². The number of thioether (sulfide) groups is 1. The van der Waals surface area contributed by atoms with E-state index in [4.69, 9.17) is 0 Å². The Hall–Kier alpha value is -2.56. The number of nitrogens with zero attached hydrogens (tertiary/aromatic N) is 1. The smallest absolute Gasteiger partial charge is 0.269 e. The van der Waals surface area contributed by atoms with Gasteiger partial charge in [0.05, 0.1) is 0 Å². The predicted molar refractivity (Wildman–Crippen MR) is 117 cm³/mol. The van der Waals surface area contributed by atoms with Crippen molar-refractivity contribution in [1.29, 1.82) is 0 Å². The lowest BCUT2D eigenvalue weighted by atomic mass is 10.2. The van der Waals surface area contributed by atoms with E-state index in [0.717, 1.165) is 31.3 Å². The number of thiophene rings is 1. The molecule has 0 fully saturated rings. The summed E-state index contributed by atoms with van der Waals surface area (Å²) in [6.45, 7) is 0. The molecule has 0 saturated carbocycles. The summed E-state index contributed by atoms with van der Waals surface area (Å²) in [6, 6.07) is 28.4. The summed E-state index contributed by atoms with van der Waals surface area (Å²) in [7, 11) is 1.84. The molecule has 1 heterocycles. The fraction of sp³-hybridized carbons (Fsp3) is 0.0870. The zero-order chi connectivity index (χ0) is 18.6. The minimum Gasteiger partial charge on any atom is -0.311 e. The lowest BCUT2D eigenvalue weighted by Gasteiger charge is -2.17. The standard InChI is InChI=1S/C23H19NOS2/c1-24(18-12-6-3-7-13-18)23(25)22-21(19-14-8-9-15-20(19)27-22)26-16-17-10-4-2-5-11-17/h2-15H,16H2,1H3. The van der Waals surface area contributed by atoms with E-state index in [9.17, 15) is 4.79 Å². The van der Waals surface area contributed by atoms with Crippen LogP contribution in [0.3, 0.4) is 0 Å². The van der Waals surface area contributed by atoms with E-state index in [-0.39, 0.29) is 5.91 Å². The molecule has 0 aliphatic rings. The average Bonchev–Trinajstić information content (AvgIpc) is 3.11. The van der Waals surface area contributed by atoms with Gasteiger partial charge in [-0.25, -0.2) is 0 Å². The van der Waals surface area contributed by atoms with Crippen LogP contribution in [0.1, 0.15) is 15.2 Å². The maximum Gasteiger partial charge on any atom is 0.269 e. The van der Waals surface area contributed by atoms with Gasteiger partial charge in [-0.1, -0.05) is 66.7 Å². The highest BCUT2D eigenvalue weighted by Crippen LogP contribution is 2.40. The molecule has 27 heavy (non-hydrogen) atoms. The van der Waals surface area contributed by atoms with Gasteiger partial charge in [-0.3, -0.25) is 4.79 Å². The van der Waals surface area contributed by atoms with E-state index in [1.165, 1.54) is 5.56 Å². The molecule has 134 valence electrons. The second-order valence-corrected chi connectivity index (χ2v) is 8.27. The molecule has 0 bridgehead atoms. The van der Waals surface area contributed by atoms with E-state index >= 15 is 0 Å². The minimum absolute atomic E-state index is 0.0398. The molecule has 0 unspecified atom stereocenters. The minimum atomic E-state index is 0.0398. The highest BCUT2D eigenvalue weighted by atomic mass is 32.2. The number of fused-ring (bicyclic) bond motifs is 1. The number of para-hydroxylation sites is 1. The summed E-state index contributed by atoms with van der Waals surface area (Å²) in [4.78, 5) is 16.9. The van der Waals surface area contributed by atoms with E-state index in [0.29, 0.717) is 0 Å². The molecule has 2 nitrogen and oxygen atoms in total. The molecule has 0 spiro atoms. The number of anilines is 1. The van der Waals surface area contributed by atoms with Gasteiger partial charge >= 0.3 is 0 Å². The van der Waals surface area contributed by atoms with Crippen molar-refractivity contribution in [3.8, 4) is 0 Å². The van der Waals surface area contributed by atoms with Crippen molar-refractivity contribution in [3.63, 3.8) is 0 Å². The molecule has 1 aromatic heterocycles. The first-order valence-electron chi connectivity index (χ1n) is 8.75. The van der Waals surface area contributed by atoms with Gasteiger partial charge in [0.2, 0.25) is 0 Å². The van der Waals surface area contributed by atoms with Gasteiger partial charge in [-0.15, -0.1) is 23.1 Å². The Morgan fingerprint density at radius 1 is 0.889 bits per heavy atom. The van der Waals surface area contributed by atoms with Crippen molar-refractivity contribution in [2.45, 2.75) is 10.6 Å². The lowest BCUT2D eigenvalue weighted by Crippen LogP contribution is -2.25. The molecule has 0 aliphatic heterocycles. The molecule has 0 aliphatic carbocycles. The zero-order valence-electron chi connectivity index (χ0n) is 15.0. The number of carbonyl (C=O) groups is 1. The van der Waals surface area contributed by atoms with Crippen molar-refractivity contribution in [2.75, 3.05) is 11.9 Å². The van der Waals surface area contributed by atoms with Gasteiger partial charge in [0.1, 0.15) is 4.88 Å². The van der Waals surface area contributed by atoms with Crippen LogP contribution in [0.5, 0.6) is 0 Å². The van der Waals surface area contributed by atoms with E-state index in [1.54, 1.807) is 28.0 Å². The molecule has 0 N–H and O–H groups in total. The van der Waals surface area contributed by atoms with Crippen molar-refractivity contribution >= 4 is 44.8 Å². The second kappa shape index (κ2) is 7.99. The van der Waals surface area contributed by atoms with E-state index in [1.807, 2.05) is 55.6 Å². The lowest BCUT2D eigenvalue weighted by molar-refractivity contribution is 0.0994. The Bertz CT molecular complexity index is 1060. The quantitative estimate of drug-likeness (QED) is 0.365. The predicted octanol–water partition coefficient (Wildman–Crippen LogP) is 6.47. The van der Waals surface area contributed by atoms with Crippen LogP contribution in [0.4, 0.5) is 5.69 Å². The highest BCUT2D eigenvalue weighted by molar-refractivity contribution is 7.99. The zero-order valence-corrected chi connectivity index (χ0v) is 16.6. The largest absolute Gasteiger partial charge is 0.311 e. The summed E-state index contributed by atoms with van der Waals surface area (Å²) >= 11 is 3.32. The Kier molecular flexibility index (Phi) is 5.28. The van der Waals surface area contributed by atoms with Crippen molar-refractivity contribution in [2.24, 2.45) is 0 Å². The molecule has 0 saturated heterocycles. The maximum atomic E-state index is 13.3. The van der Waals surface area contributed by atoms with Gasteiger partial charge in [-0.2, -0.15) is 0 Å². The monoisotopic (exact) mass is 389 g/mol. The third-order valence-corrected chi connectivity index (χ3v) is 6.90. The molecule has 4 heteroatoms. The fourth-order valence-electron chi connectivity index (χ4n) is 2.96. The summed E-state index contributed by atoms with van der Waals surface area (Å²) in [5.41, 5.74) is 2.16. The Balaban J connectivity index is 1.70. The van der Waals surface area contributed by atoms with Crippen LogP contribution in [-0.4, -0.2) is 13.0 Å². The van der Waals surface area contributed by atoms with Gasteiger partial charge in [0, 0.05) is 33.5 Å². The fourth-order valence-corrected chi connectivity index (χ4v) is 5.45. The van der Waals surface area contributed by atoms with Gasteiger partial charge in [-0.05, 0) is 23.8 Å². The Labute approximate surface area is 167 Å². The number of rotatable bonds is 5. The number of amides is 1. The van der Waals surface area contributed by atoms with Gasteiger partial charge in [0.15, 0.2) is 0 Å². The number of benzene rings is 3. The molecule has 0 atom stereocenters. The van der Waals surface area contributed by atoms with Crippen molar-refractivity contribution in [1.82, 2.24) is 0 Å². The number of hydrogen-bond acceptors (Lipinski definition) is 3. The molecular weight excluding hydrogens is 370 g/mol. The highest BCUT2D eigenvalue weighted by Gasteiger charge is 2.22. The van der Waals surface area contributed by atoms with Crippen LogP contribution >= 0.6 is 23.1 Å². The second-order valence-electron chi connectivity index (χ2n) is 6.23. The van der Waals surface area contributed by atoms with Crippen LogP contribution < -0.4 is 4.90 Å². The molecule has 3 aromatic carbocycles. The third kappa shape index (κ3) is 3.77. The SMILES string of the molecule is CN(C(=O)c1sc2ccccc2c1SCc1ccccc1)c1ccccc1. The normalized spacial score (nSPS) is 10.9. The first-order valence-corrected chi connectivity index (χ1v) is 10.6. The number of carbonyl (C=O) groups excluding carboxylic acids is 1. The number of hydrogen-bond donors (Lipinski definition) is 0. The first kappa shape index (κ1) is 17.8. The van der Waals surface area contributed by atoms with Crippen LogP contribution in [0.2, 0.25) is 0 Å². The third-order valence-electron chi connectivity index (χ3n) is 4.42. The molecule has 0 radical (unpaired) electrons. The van der Waals surface area contributed by atoms with E-state index in [2.05, 4.69) is 36.4 Å². The maximum absolute atomic E-state index is 13.3. The molecule has 4 rings (SSSR count). The topological polar surface area (TPSA) is 20.3 Å². The van der Waals surface area contributed by atoms with Crippen LogP contribution in [0.15, 0.2) is 89.8 Å². The van der Waals surface area contributed by atoms with Crippen LogP contribution in [0, 0.1) is 0 Å². The van der Waals surface area contributed by atoms with Crippen LogP contribution in [-0.2, 0) is 5.75 Å².